The summed E-state index contributed by atoms with van der Waals surface area (Å²) in [5, 5.41) is 12.9. The van der Waals surface area contributed by atoms with Crippen LogP contribution in [0.15, 0.2) is 90.2 Å². The van der Waals surface area contributed by atoms with Gasteiger partial charge in [0.15, 0.2) is 5.65 Å². The summed E-state index contributed by atoms with van der Waals surface area (Å²) in [5.41, 5.74) is 3.23. The van der Waals surface area contributed by atoms with Gasteiger partial charge >= 0.3 is 0 Å². The quantitative estimate of drug-likeness (QED) is 0.197. The summed E-state index contributed by atoms with van der Waals surface area (Å²) < 4.78 is 14.1. The highest BCUT2D eigenvalue weighted by Crippen LogP contribution is 2.37. The first-order valence-electron chi connectivity index (χ1n) is 19.1. The van der Waals surface area contributed by atoms with E-state index in [9.17, 15) is 19.5 Å². The number of methoxy groups -OCH3 is 2. The molecular weight excluding hydrogens is 743 g/mol. The van der Waals surface area contributed by atoms with Gasteiger partial charge in [0, 0.05) is 79.9 Å². The molecule has 2 aliphatic heterocycles. The number of hydrogen-bond acceptors (Lipinski definition) is 10. The fraction of sp³-hybridized carbons (Fsp3) is 0.349. The number of thiazole rings is 1. The molecule has 0 bridgehead atoms. The molecule has 2 fully saturated rings. The molecule has 2 saturated heterocycles. The number of pyridine rings is 1. The minimum Gasteiger partial charge on any atom is -0.497 e. The van der Waals surface area contributed by atoms with Crippen LogP contribution in [0.4, 0.5) is 0 Å². The van der Waals surface area contributed by atoms with Crippen LogP contribution in [0, 0.1) is 19.8 Å². The minimum atomic E-state index is -1.20. The van der Waals surface area contributed by atoms with E-state index in [2.05, 4.69) is 9.97 Å². The van der Waals surface area contributed by atoms with E-state index in [-0.39, 0.29) is 35.8 Å². The number of hydrogen-bond donors (Lipinski definition) is 1. The molecule has 0 radical (unpaired) electrons. The molecule has 57 heavy (non-hydrogen) atoms. The number of benzene rings is 2. The lowest BCUT2D eigenvalue weighted by Crippen LogP contribution is -2.53. The predicted molar refractivity (Wildman–Crippen MR) is 217 cm³/mol. The zero-order chi connectivity index (χ0) is 39.8. The second-order valence-corrected chi connectivity index (χ2v) is 16.0. The number of carbonyl (C=O) groups excluding carboxylic acids is 2. The van der Waals surface area contributed by atoms with Crippen molar-refractivity contribution >= 4 is 34.2 Å². The predicted octanol–water partition coefficient (Wildman–Crippen LogP) is 5.64. The maximum Gasteiger partial charge on any atom is 0.265 e. The summed E-state index contributed by atoms with van der Waals surface area (Å²) in [6, 6.07) is 21.0. The molecule has 2 aromatic carbocycles. The Labute approximate surface area is 334 Å². The fourth-order valence-corrected chi connectivity index (χ4v) is 9.11. The van der Waals surface area contributed by atoms with Crippen LogP contribution in [0.2, 0.25) is 0 Å². The van der Waals surface area contributed by atoms with Crippen molar-refractivity contribution < 1.29 is 24.2 Å². The van der Waals surface area contributed by atoms with Crippen molar-refractivity contribution in [2.75, 3.05) is 40.4 Å². The van der Waals surface area contributed by atoms with Gasteiger partial charge in [-0.05, 0) is 56.9 Å². The highest BCUT2D eigenvalue weighted by molar-refractivity contribution is 7.17. The summed E-state index contributed by atoms with van der Waals surface area (Å²) in [7, 11) is 3.16. The van der Waals surface area contributed by atoms with E-state index in [0.717, 1.165) is 27.5 Å². The molecule has 0 spiro atoms. The number of likely N-dealkylation sites (tertiary alicyclic amines) is 2. The summed E-state index contributed by atoms with van der Waals surface area (Å²) in [6.07, 6.45) is 6.17. The Morgan fingerprint density at radius 2 is 1.67 bits per heavy atom. The molecular formula is C43H45N7O6S. The summed E-state index contributed by atoms with van der Waals surface area (Å²) >= 11 is 1.38. The second kappa shape index (κ2) is 15.6. The number of amides is 2. The van der Waals surface area contributed by atoms with Crippen LogP contribution in [0.5, 0.6) is 11.5 Å². The van der Waals surface area contributed by atoms with Crippen molar-refractivity contribution in [2.24, 2.45) is 5.92 Å². The van der Waals surface area contributed by atoms with Crippen LogP contribution in [0.3, 0.4) is 0 Å². The van der Waals surface area contributed by atoms with Crippen molar-refractivity contribution in [3.63, 3.8) is 0 Å². The third-order valence-corrected chi connectivity index (χ3v) is 12.5. The number of fused-ring (bicyclic) bond motifs is 1. The molecule has 2 atom stereocenters. The van der Waals surface area contributed by atoms with Gasteiger partial charge in [-0.3, -0.25) is 23.9 Å². The van der Waals surface area contributed by atoms with Crippen molar-refractivity contribution in [1.82, 2.24) is 33.9 Å². The van der Waals surface area contributed by atoms with Gasteiger partial charge in [-0.25, -0.2) is 9.97 Å². The topological polar surface area (TPSA) is 145 Å². The third kappa shape index (κ3) is 7.54. The van der Waals surface area contributed by atoms with Gasteiger partial charge in [0.2, 0.25) is 5.91 Å². The zero-order valence-corrected chi connectivity index (χ0v) is 33.2. The summed E-state index contributed by atoms with van der Waals surface area (Å²) in [5.74, 6) is 0.630. The Balaban J connectivity index is 0.952. The normalized spacial score (nSPS) is 18.1. The smallest absolute Gasteiger partial charge is 0.265 e. The molecule has 13 nitrogen and oxygen atoms in total. The Morgan fingerprint density at radius 1 is 0.930 bits per heavy atom. The molecule has 6 heterocycles. The molecule has 2 amide bonds. The Morgan fingerprint density at radius 3 is 2.35 bits per heavy atom. The van der Waals surface area contributed by atoms with Gasteiger partial charge < -0.3 is 28.9 Å². The lowest BCUT2D eigenvalue weighted by atomic mass is 9.79. The number of ether oxygens (including phenoxy) is 2. The maximum absolute atomic E-state index is 14.3. The SMILES string of the molecule is COc1cc(OC)cc(-n2ccc3c(=O)n(CC4(O)CCN(C(=O)[C@@H]5CCN(C(=O)c6sc(-c7ccc(C)nc7)nc6C)C[C@H]5c5ccccc5)CC4)cnc32)c1. The molecule has 6 aromatic rings. The van der Waals surface area contributed by atoms with Gasteiger partial charge in [-0.1, -0.05) is 30.3 Å². The van der Waals surface area contributed by atoms with Gasteiger partial charge in [-0.2, -0.15) is 0 Å². The standard InChI is InChI=1S/C43H45N7O6S/c1-27-10-11-30(23-44-27)39-46-28(2)37(57-39)42(53)48-16-12-34(36(24-48)29-8-6-5-7-9-29)40(51)47-18-14-43(54,15-19-47)25-49-26-45-38-35(41(49)52)13-17-50(38)31-20-32(55-3)22-33(21-31)56-4/h5-11,13,17,20-23,26,34,36,54H,12,14-16,18-19,24-25H2,1-4H3/t34-,36+/m1/s1. The lowest BCUT2D eigenvalue weighted by molar-refractivity contribution is -0.142. The van der Waals surface area contributed by atoms with E-state index >= 15 is 0 Å². The Hall–Kier alpha value is -5.86. The number of aryl methyl sites for hydroxylation is 2. The van der Waals surface area contributed by atoms with Crippen LogP contribution in [-0.2, 0) is 11.3 Å². The first kappa shape index (κ1) is 38.0. The van der Waals surface area contributed by atoms with E-state index in [1.54, 1.807) is 43.3 Å². The van der Waals surface area contributed by atoms with Crippen molar-refractivity contribution in [1.29, 1.82) is 0 Å². The van der Waals surface area contributed by atoms with E-state index < -0.39 is 5.60 Å². The molecule has 0 unspecified atom stereocenters. The fourth-order valence-electron chi connectivity index (χ4n) is 8.09. The maximum atomic E-state index is 14.3. The first-order chi connectivity index (χ1) is 27.5. The number of aromatic nitrogens is 5. The molecule has 0 saturated carbocycles. The van der Waals surface area contributed by atoms with Crippen LogP contribution in [0.1, 0.15) is 51.8 Å². The first-order valence-corrected chi connectivity index (χ1v) is 19.9. The number of carbonyl (C=O) groups is 2. The van der Waals surface area contributed by atoms with Gasteiger partial charge in [0.05, 0.1) is 43.1 Å². The van der Waals surface area contributed by atoms with E-state index in [0.29, 0.717) is 78.5 Å². The van der Waals surface area contributed by atoms with Crippen molar-refractivity contribution in [2.45, 2.75) is 51.2 Å². The molecule has 4 aromatic heterocycles. The highest BCUT2D eigenvalue weighted by Gasteiger charge is 2.42. The average Bonchev–Trinajstić information content (AvgIpc) is 3.86. The molecule has 2 aliphatic rings. The second-order valence-electron chi connectivity index (χ2n) is 15.0. The van der Waals surface area contributed by atoms with Crippen LogP contribution in [0.25, 0.3) is 27.3 Å². The van der Waals surface area contributed by atoms with Gasteiger partial charge in [0.1, 0.15) is 27.7 Å². The number of aliphatic hydroxyl groups is 1. The monoisotopic (exact) mass is 787 g/mol. The number of nitrogens with zero attached hydrogens (tertiary/aromatic N) is 7. The van der Waals surface area contributed by atoms with E-state index in [4.69, 9.17) is 14.5 Å². The van der Waals surface area contributed by atoms with E-state index in [1.165, 1.54) is 22.2 Å². The van der Waals surface area contributed by atoms with Crippen molar-refractivity contribution in [3.05, 3.63) is 118 Å². The minimum absolute atomic E-state index is 0.0249. The molecule has 14 heteroatoms. The molecule has 8 rings (SSSR count). The zero-order valence-electron chi connectivity index (χ0n) is 32.4. The Kier molecular flexibility index (Phi) is 10.4. The van der Waals surface area contributed by atoms with Crippen LogP contribution >= 0.6 is 11.3 Å². The third-order valence-electron chi connectivity index (χ3n) is 11.3. The lowest BCUT2D eigenvalue weighted by Gasteiger charge is -2.43. The van der Waals surface area contributed by atoms with Crippen LogP contribution < -0.4 is 15.0 Å². The largest absolute Gasteiger partial charge is 0.497 e. The number of rotatable bonds is 9. The van der Waals surface area contributed by atoms with E-state index in [1.807, 2.05) is 78.2 Å². The number of piperidine rings is 2. The molecule has 294 valence electrons. The van der Waals surface area contributed by atoms with Crippen molar-refractivity contribution in [3.8, 4) is 27.8 Å². The van der Waals surface area contributed by atoms with Crippen LogP contribution in [-0.4, -0.2) is 96.8 Å². The summed E-state index contributed by atoms with van der Waals surface area (Å²) in [4.78, 5) is 60.1. The molecule has 0 aliphatic carbocycles. The van der Waals surface area contributed by atoms with Gasteiger partial charge in [0.25, 0.3) is 11.5 Å². The molecule has 1 N–H and O–H groups in total. The van der Waals surface area contributed by atoms with Gasteiger partial charge in [-0.15, -0.1) is 11.3 Å². The summed E-state index contributed by atoms with van der Waals surface area (Å²) in [6.45, 7) is 5.40. The highest BCUT2D eigenvalue weighted by atomic mass is 32.1. The Bertz CT molecular complexity index is 2470. The average molecular weight is 788 g/mol.